The Morgan fingerprint density at radius 1 is 1.30 bits per heavy atom. The Morgan fingerprint density at radius 3 is 2.95 bits per heavy atom. The summed E-state index contributed by atoms with van der Waals surface area (Å²) in [6.45, 7) is 1.80. The van der Waals surface area contributed by atoms with Gasteiger partial charge in [-0.1, -0.05) is 36.2 Å². The molecule has 2 atom stereocenters. The maximum Gasteiger partial charge on any atom is 0.0636 e. The zero-order valence-electron chi connectivity index (χ0n) is 11.4. The molecule has 2 aromatic rings. The molecular formula is C16H20ClNOS. The normalized spacial score (nSPS) is 23.3. The van der Waals surface area contributed by atoms with Crippen molar-refractivity contribution in [3.63, 3.8) is 0 Å². The zero-order valence-corrected chi connectivity index (χ0v) is 13.0. The molecule has 1 aliphatic carbocycles. The van der Waals surface area contributed by atoms with E-state index in [9.17, 15) is 5.11 Å². The molecule has 0 bridgehead atoms. The summed E-state index contributed by atoms with van der Waals surface area (Å²) in [6.07, 6.45) is 4.19. The monoisotopic (exact) mass is 309 g/mol. The molecule has 1 saturated carbocycles. The third-order valence-electron chi connectivity index (χ3n) is 4.08. The lowest BCUT2D eigenvalue weighted by molar-refractivity contribution is 0.101. The SMILES string of the molecule is OC1CCCC(CNCc2sc3ccccc3c2Cl)C1. The highest BCUT2D eigenvalue weighted by Crippen LogP contribution is 2.35. The van der Waals surface area contributed by atoms with E-state index in [0.29, 0.717) is 5.92 Å². The minimum atomic E-state index is -0.0940. The molecule has 0 amide bonds. The van der Waals surface area contributed by atoms with E-state index >= 15 is 0 Å². The van der Waals surface area contributed by atoms with Crippen LogP contribution in [0.2, 0.25) is 5.02 Å². The van der Waals surface area contributed by atoms with Crippen LogP contribution in [0.25, 0.3) is 10.1 Å². The van der Waals surface area contributed by atoms with Gasteiger partial charge in [0.1, 0.15) is 0 Å². The summed E-state index contributed by atoms with van der Waals surface area (Å²) in [5.41, 5.74) is 0. The van der Waals surface area contributed by atoms with Crippen LogP contribution in [0.15, 0.2) is 24.3 Å². The maximum absolute atomic E-state index is 9.69. The fourth-order valence-corrected chi connectivity index (χ4v) is 4.49. The van der Waals surface area contributed by atoms with Crippen molar-refractivity contribution < 1.29 is 5.11 Å². The van der Waals surface area contributed by atoms with Crippen LogP contribution in [-0.4, -0.2) is 17.8 Å². The molecule has 1 heterocycles. The van der Waals surface area contributed by atoms with Gasteiger partial charge in [-0.05, 0) is 37.8 Å². The first-order chi connectivity index (χ1) is 9.74. The third kappa shape index (κ3) is 3.17. The first kappa shape index (κ1) is 14.3. The molecule has 1 fully saturated rings. The van der Waals surface area contributed by atoms with Crippen molar-refractivity contribution in [1.82, 2.24) is 5.32 Å². The Labute approximate surface area is 128 Å². The van der Waals surface area contributed by atoms with Crippen molar-refractivity contribution >= 4 is 33.0 Å². The van der Waals surface area contributed by atoms with Gasteiger partial charge < -0.3 is 10.4 Å². The van der Waals surface area contributed by atoms with Crippen LogP contribution in [0, 0.1) is 5.92 Å². The number of hydrogen-bond acceptors (Lipinski definition) is 3. The van der Waals surface area contributed by atoms with Gasteiger partial charge in [-0.25, -0.2) is 0 Å². The fourth-order valence-electron chi connectivity index (χ4n) is 3.02. The number of nitrogens with one attached hydrogen (secondary N) is 1. The number of hydrogen-bond donors (Lipinski definition) is 2. The van der Waals surface area contributed by atoms with Gasteiger partial charge in [0.25, 0.3) is 0 Å². The summed E-state index contributed by atoms with van der Waals surface area (Å²) in [5, 5.41) is 15.2. The number of rotatable bonds is 4. The van der Waals surface area contributed by atoms with Crippen molar-refractivity contribution in [3.8, 4) is 0 Å². The van der Waals surface area contributed by atoms with Gasteiger partial charge >= 0.3 is 0 Å². The molecule has 2 N–H and O–H groups in total. The lowest BCUT2D eigenvalue weighted by atomic mass is 9.87. The summed E-state index contributed by atoms with van der Waals surface area (Å²) in [4.78, 5) is 1.21. The number of benzene rings is 1. The van der Waals surface area contributed by atoms with Crippen LogP contribution in [0.3, 0.4) is 0 Å². The van der Waals surface area contributed by atoms with Gasteiger partial charge in [-0.15, -0.1) is 11.3 Å². The highest BCUT2D eigenvalue weighted by atomic mass is 35.5. The summed E-state index contributed by atoms with van der Waals surface area (Å²) in [7, 11) is 0. The van der Waals surface area contributed by atoms with E-state index in [4.69, 9.17) is 11.6 Å². The third-order valence-corrected chi connectivity index (χ3v) is 5.79. The summed E-state index contributed by atoms with van der Waals surface area (Å²) < 4.78 is 1.25. The molecule has 0 saturated heterocycles. The number of aliphatic hydroxyl groups excluding tert-OH is 1. The molecule has 1 aromatic carbocycles. The quantitative estimate of drug-likeness (QED) is 0.887. The number of aliphatic hydroxyl groups is 1. The average molecular weight is 310 g/mol. The van der Waals surface area contributed by atoms with Crippen LogP contribution in [-0.2, 0) is 6.54 Å². The molecule has 3 rings (SSSR count). The van der Waals surface area contributed by atoms with Crippen LogP contribution in [0.5, 0.6) is 0 Å². The smallest absolute Gasteiger partial charge is 0.0636 e. The van der Waals surface area contributed by atoms with Gasteiger partial charge in [-0.3, -0.25) is 0 Å². The van der Waals surface area contributed by atoms with E-state index in [-0.39, 0.29) is 6.10 Å². The molecule has 0 radical (unpaired) electrons. The molecule has 20 heavy (non-hydrogen) atoms. The molecule has 0 aliphatic heterocycles. The number of halogens is 1. The molecule has 1 aromatic heterocycles. The summed E-state index contributed by atoms with van der Waals surface area (Å²) >= 11 is 8.20. The topological polar surface area (TPSA) is 32.3 Å². The van der Waals surface area contributed by atoms with Gasteiger partial charge in [0.15, 0.2) is 0 Å². The van der Waals surface area contributed by atoms with Crippen LogP contribution < -0.4 is 5.32 Å². The molecule has 2 nitrogen and oxygen atoms in total. The molecule has 2 unspecified atom stereocenters. The second-order valence-corrected chi connectivity index (χ2v) is 7.17. The number of fused-ring (bicyclic) bond motifs is 1. The minimum Gasteiger partial charge on any atom is -0.393 e. The van der Waals surface area contributed by atoms with Crippen molar-refractivity contribution in [2.45, 2.75) is 38.3 Å². The molecule has 1 aliphatic rings. The largest absolute Gasteiger partial charge is 0.393 e. The highest BCUT2D eigenvalue weighted by molar-refractivity contribution is 7.19. The lowest BCUT2D eigenvalue weighted by Crippen LogP contribution is -2.28. The van der Waals surface area contributed by atoms with Gasteiger partial charge in [-0.2, -0.15) is 0 Å². The summed E-state index contributed by atoms with van der Waals surface area (Å²) in [5.74, 6) is 0.604. The van der Waals surface area contributed by atoms with Crippen molar-refractivity contribution in [2.75, 3.05) is 6.54 Å². The van der Waals surface area contributed by atoms with Crippen LogP contribution in [0.4, 0.5) is 0 Å². The standard InChI is InChI=1S/C16H20ClNOS/c17-16-13-6-1-2-7-14(13)20-15(16)10-18-9-11-4-3-5-12(19)8-11/h1-2,6-7,11-12,18-19H,3-5,8-10H2. The molecular weight excluding hydrogens is 290 g/mol. The van der Waals surface area contributed by atoms with Crippen molar-refractivity contribution in [1.29, 1.82) is 0 Å². The Bertz CT molecular complexity index is 583. The van der Waals surface area contributed by atoms with Crippen LogP contribution >= 0.6 is 22.9 Å². The molecule has 0 spiro atoms. The van der Waals surface area contributed by atoms with Gasteiger partial charge in [0.2, 0.25) is 0 Å². The zero-order chi connectivity index (χ0) is 13.9. The highest BCUT2D eigenvalue weighted by Gasteiger charge is 2.19. The van der Waals surface area contributed by atoms with Crippen molar-refractivity contribution in [3.05, 3.63) is 34.2 Å². The first-order valence-corrected chi connectivity index (χ1v) is 8.48. The van der Waals surface area contributed by atoms with Crippen molar-refractivity contribution in [2.24, 2.45) is 5.92 Å². The van der Waals surface area contributed by atoms with Crippen LogP contribution in [0.1, 0.15) is 30.6 Å². The summed E-state index contributed by atoms with van der Waals surface area (Å²) in [6, 6.07) is 8.28. The van der Waals surface area contributed by atoms with E-state index in [1.165, 1.54) is 16.0 Å². The molecule has 4 heteroatoms. The van der Waals surface area contributed by atoms with Gasteiger partial charge in [0.05, 0.1) is 11.1 Å². The fraction of sp³-hybridized carbons (Fsp3) is 0.500. The van der Waals surface area contributed by atoms with E-state index < -0.39 is 0 Å². The Hall–Kier alpha value is -0.610. The second kappa shape index (κ2) is 6.44. The first-order valence-electron chi connectivity index (χ1n) is 7.28. The lowest BCUT2D eigenvalue weighted by Gasteiger charge is -2.25. The average Bonchev–Trinajstić information content (AvgIpc) is 2.76. The van der Waals surface area contributed by atoms with E-state index in [0.717, 1.165) is 42.8 Å². The van der Waals surface area contributed by atoms with E-state index in [2.05, 4.69) is 23.5 Å². The second-order valence-electron chi connectivity index (χ2n) is 5.65. The maximum atomic E-state index is 9.69. The van der Waals surface area contributed by atoms with E-state index in [1.807, 2.05) is 6.07 Å². The van der Waals surface area contributed by atoms with Gasteiger partial charge in [0, 0.05) is 21.5 Å². The Balaban J connectivity index is 1.58. The molecule has 108 valence electrons. The predicted molar refractivity (Wildman–Crippen MR) is 86.5 cm³/mol. The minimum absolute atomic E-state index is 0.0940. The van der Waals surface area contributed by atoms with E-state index in [1.54, 1.807) is 11.3 Å². The predicted octanol–water partition coefficient (Wildman–Crippen LogP) is 4.20. The Morgan fingerprint density at radius 2 is 2.15 bits per heavy atom. The number of thiophene rings is 1. The Kier molecular flexibility index (Phi) is 4.61.